The van der Waals surface area contributed by atoms with Crippen molar-refractivity contribution in [3.8, 4) is 0 Å². The summed E-state index contributed by atoms with van der Waals surface area (Å²) in [5.74, 6) is 0. The Morgan fingerprint density at radius 3 is 1.73 bits per heavy atom. The standard InChI is InChI=1S/C21H23N/c1-3-11-19(4-2)16-22(17-20-12-7-5-8-13-20)18-21-14-9-6-10-15-21/h3-15H,1-2,16-18H2/b19-11+. The molecule has 2 aromatic carbocycles. The molecule has 0 atom stereocenters. The van der Waals surface area contributed by atoms with Gasteiger partial charge in [-0.25, -0.2) is 0 Å². The monoisotopic (exact) mass is 289 g/mol. The minimum absolute atomic E-state index is 0.860. The summed E-state index contributed by atoms with van der Waals surface area (Å²) in [5, 5.41) is 0. The lowest BCUT2D eigenvalue weighted by atomic mass is 10.1. The molecule has 2 aromatic rings. The molecule has 0 saturated heterocycles. The fourth-order valence-corrected chi connectivity index (χ4v) is 2.45. The van der Waals surface area contributed by atoms with Gasteiger partial charge in [-0.3, -0.25) is 4.90 Å². The van der Waals surface area contributed by atoms with Crippen LogP contribution in [0.2, 0.25) is 0 Å². The summed E-state index contributed by atoms with van der Waals surface area (Å²) in [4.78, 5) is 2.42. The molecule has 112 valence electrons. The van der Waals surface area contributed by atoms with E-state index in [1.54, 1.807) is 0 Å². The highest BCUT2D eigenvalue weighted by Crippen LogP contribution is 2.12. The van der Waals surface area contributed by atoms with Gasteiger partial charge >= 0.3 is 0 Å². The Labute approximate surface area is 133 Å². The fourth-order valence-electron chi connectivity index (χ4n) is 2.45. The van der Waals surface area contributed by atoms with Gasteiger partial charge in [0.2, 0.25) is 0 Å². The van der Waals surface area contributed by atoms with Crippen LogP contribution in [0.1, 0.15) is 11.1 Å². The maximum atomic E-state index is 3.90. The highest BCUT2D eigenvalue weighted by Gasteiger charge is 2.08. The van der Waals surface area contributed by atoms with Crippen molar-refractivity contribution in [2.24, 2.45) is 0 Å². The molecule has 0 aromatic heterocycles. The third-order valence-electron chi connectivity index (χ3n) is 3.50. The molecular formula is C21H23N. The molecule has 2 rings (SSSR count). The molecule has 0 N–H and O–H groups in total. The van der Waals surface area contributed by atoms with Crippen molar-refractivity contribution in [3.63, 3.8) is 0 Å². The first-order chi connectivity index (χ1) is 10.8. The summed E-state index contributed by atoms with van der Waals surface area (Å²) < 4.78 is 0. The van der Waals surface area contributed by atoms with Crippen molar-refractivity contribution in [2.45, 2.75) is 13.1 Å². The Morgan fingerprint density at radius 2 is 1.32 bits per heavy atom. The van der Waals surface area contributed by atoms with E-state index < -0.39 is 0 Å². The molecule has 0 saturated carbocycles. The number of rotatable bonds is 8. The summed E-state index contributed by atoms with van der Waals surface area (Å²) in [6.45, 7) is 10.4. The Balaban J connectivity index is 2.14. The van der Waals surface area contributed by atoms with Gasteiger partial charge in [-0.15, -0.1) is 0 Å². The molecular weight excluding hydrogens is 266 g/mol. The number of benzene rings is 2. The molecule has 0 radical (unpaired) electrons. The molecule has 0 aliphatic heterocycles. The molecule has 0 amide bonds. The van der Waals surface area contributed by atoms with Crippen LogP contribution in [0.15, 0.2) is 97.6 Å². The highest BCUT2D eigenvalue weighted by atomic mass is 15.1. The van der Waals surface area contributed by atoms with Gasteiger partial charge in [0.25, 0.3) is 0 Å². The van der Waals surface area contributed by atoms with Crippen LogP contribution in [-0.2, 0) is 13.1 Å². The molecule has 0 bridgehead atoms. The quantitative estimate of drug-likeness (QED) is 0.619. The van der Waals surface area contributed by atoms with Crippen molar-refractivity contribution in [3.05, 3.63) is 109 Å². The number of hydrogen-bond donors (Lipinski definition) is 0. The van der Waals surface area contributed by atoms with Crippen LogP contribution in [0.3, 0.4) is 0 Å². The lowest BCUT2D eigenvalue weighted by Crippen LogP contribution is -2.24. The second-order valence-electron chi connectivity index (χ2n) is 5.30. The zero-order chi connectivity index (χ0) is 15.6. The van der Waals surface area contributed by atoms with Gasteiger partial charge in [0.15, 0.2) is 0 Å². The fraction of sp³-hybridized carbons (Fsp3) is 0.143. The lowest BCUT2D eigenvalue weighted by Gasteiger charge is -2.23. The molecule has 22 heavy (non-hydrogen) atoms. The van der Waals surface area contributed by atoms with E-state index >= 15 is 0 Å². The van der Waals surface area contributed by atoms with Crippen LogP contribution in [0.5, 0.6) is 0 Å². The summed E-state index contributed by atoms with van der Waals surface area (Å²) in [6.07, 6.45) is 5.75. The van der Waals surface area contributed by atoms with Gasteiger partial charge in [0, 0.05) is 19.6 Å². The summed E-state index contributed by atoms with van der Waals surface area (Å²) in [7, 11) is 0. The zero-order valence-electron chi connectivity index (χ0n) is 13.0. The zero-order valence-corrected chi connectivity index (χ0v) is 13.0. The smallest absolute Gasteiger partial charge is 0.0240 e. The third-order valence-corrected chi connectivity index (χ3v) is 3.50. The predicted octanol–water partition coefficient (Wildman–Crippen LogP) is 4.99. The van der Waals surface area contributed by atoms with Gasteiger partial charge in [-0.1, -0.05) is 92.0 Å². The van der Waals surface area contributed by atoms with Crippen molar-refractivity contribution in [1.29, 1.82) is 0 Å². The van der Waals surface area contributed by atoms with E-state index in [0.717, 1.165) is 19.6 Å². The molecule has 0 aliphatic rings. The summed E-state index contributed by atoms with van der Waals surface area (Å²) in [5.41, 5.74) is 3.82. The number of hydrogen-bond acceptors (Lipinski definition) is 1. The van der Waals surface area contributed by atoms with Gasteiger partial charge in [-0.2, -0.15) is 0 Å². The van der Waals surface area contributed by atoms with Crippen LogP contribution in [0.4, 0.5) is 0 Å². The second-order valence-corrected chi connectivity index (χ2v) is 5.30. The van der Waals surface area contributed by atoms with Crippen molar-refractivity contribution in [2.75, 3.05) is 6.54 Å². The van der Waals surface area contributed by atoms with Crippen LogP contribution >= 0.6 is 0 Å². The van der Waals surface area contributed by atoms with Gasteiger partial charge in [0.05, 0.1) is 0 Å². The topological polar surface area (TPSA) is 3.24 Å². The summed E-state index contributed by atoms with van der Waals surface area (Å²) >= 11 is 0. The predicted molar refractivity (Wildman–Crippen MR) is 95.5 cm³/mol. The van der Waals surface area contributed by atoms with Gasteiger partial charge < -0.3 is 0 Å². The lowest BCUT2D eigenvalue weighted by molar-refractivity contribution is 0.281. The number of nitrogens with zero attached hydrogens (tertiary/aromatic N) is 1. The third kappa shape index (κ3) is 5.19. The van der Waals surface area contributed by atoms with Gasteiger partial charge in [-0.05, 0) is 16.7 Å². The van der Waals surface area contributed by atoms with E-state index in [-0.39, 0.29) is 0 Å². The van der Waals surface area contributed by atoms with E-state index in [1.807, 2.05) is 18.2 Å². The molecule has 1 heteroatoms. The van der Waals surface area contributed by atoms with E-state index in [1.165, 1.54) is 16.7 Å². The molecule has 0 aliphatic carbocycles. The highest BCUT2D eigenvalue weighted by molar-refractivity contribution is 5.24. The van der Waals surface area contributed by atoms with Crippen LogP contribution < -0.4 is 0 Å². The first-order valence-corrected chi connectivity index (χ1v) is 7.56. The molecule has 0 heterocycles. The Kier molecular flexibility index (Phi) is 6.40. The normalized spacial score (nSPS) is 11.4. The average Bonchev–Trinajstić information content (AvgIpc) is 2.56. The first kappa shape index (κ1) is 16.0. The maximum Gasteiger partial charge on any atom is 0.0240 e. The largest absolute Gasteiger partial charge is 0.291 e. The average molecular weight is 289 g/mol. The van der Waals surface area contributed by atoms with Crippen molar-refractivity contribution < 1.29 is 0 Å². The molecule has 0 unspecified atom stereocenters. The van der Waals surface area contributed by atoms with Gasteiger partial charge in [0.1, 0.15) is 0 Å². The van der Waals surface area contributed by atoms with Crippen molar-refractivity contribution in [1.82, 2.24) is 4.90 Å². The minimum atomic E-state index is 0.860. The Hall–Kier alpha value is -2.38. The number of allylic oxidation sites excluding steroid dienone is 2. The first-order valence-electron chi connectivity index (χ1n) is 7.56. The molecule has 1 nitrogen and oxygen atoms in total. The Morgan fingerprint density at radius 1 is 0.818 bits per heavy atom. The van der Waals surface area contributed by atoms with E-state index in [9.17, 15) is 0 Å². The minimum Gasteiger partial charge on any atom is -0.291 e. The van der Waals surface area contributed by atoms with E-state index in [4.69, 9.17) is 0 Å². The van der Waals surface area contributed by atoms with Crippen LogP contribution in [-0.4, -0.2) is 11.4 Å². The SMILES string of the molecule is C=C/C=C(\C=C)CN(Cc1ccccc1)Cc1ccccc1. The van der Waals surface area contributed by atoms with Crippen molar-refractivity contribution >= 4 is 0 Å². The van der Waals surface area contributed by atoms with E-state index in [2.05, 4.69) is 78.7 Å². The second kappa shape index (κ2) is 8.81. The Bertz CT molecular complexity index is 569. The van der Waals surface area contributed by atoms with E-state index in [0.29, 0.717) is 0 Å². The summed E-state index contributed by atoms with van der Waals surface area (Å²) in [6, 6.07) is 21.1. The molecule has 0 spiro atoms. The maximum absolute atomic E-state index is 3.90. The van der Waals surface area contributed by atoms with Crippen LogP contribution in [0.25, 0.3) is 0 Å². The molecule has 0 fully saturated rings. The van der Waals surface area contributed by atoms with Crippen LogP contribution in [0, 0.1) is 0 Å².